The van der Waals surface area contributed by atoms with Crippen molar-refractivity contribution in [1.29, 1.82) is 0 Å². The van der Waals surface area contributed by atoms with Gasteiger partial charge in [-0.05, 0) is 19.9 Å². The van der Waals surface area contributed by atoms with Crippen LogP contribution >= 0.6 is 0 Å². The van der Waals surface area contributed by atoms with Crippen LogP contribution in [0.2, 0.25) is 0 Å². The largest absolute Gasteiger partial charge is 0.478 e. The minimum absolute atomic E-state index is 0.0722. The molecule has 0 aromatic carbocycles. The highest BCUT2D eigenvalue weighted by Crippen LogP contribution is 2.24. The minimum Gasteiger partial charge on any atom is -0.478 e. The van der Waals surface area contributed by atoms with Crippen LogP contribution in [-0.4, -0.2) is 28.3 Å². The van der Waals surface area contributed by atoms with Gasteiger partial charge in [0, 0.05) is 6.07 Å². The molecule has 1 heterocycles. The molecule has 1 rings (SSSR count). The zero-order chi connectivity index (χ0) is 13.2. The molecule has 0 aliphatic carbocycles. The fourth-order valence-electron chi connectivity index (χ4n) is 1.08. The van der Waals surface area contributed by atoms with Gasteiger partial charge >= 0.3 is 12.1 Å². The number of ether oxygens (including phenoxy) is 1. The van der Waals surface area contributed by atoms with Crippen LogP contribution in [0, 0.1) is 6.92 Å². The summed E-state index contributed by atoms with van der Waals surface area (Å²) in [4.78, 5) is 14.3. The molecular formula is C10H10F3NO3. The number of rotatable bonds is 3. The number of alkyl halides is 3. The second kappa shape index (κ2) is 4.60. The summed E-state index contributed by atoms with van der Waals surface area (Å²) < 4.78 is 41.2. The number of pyridine rings is 1. The summed E-state index contributed by atoms with van der Waals surface area (Å²) in [5, 5.41) is 8.71. The molecule has 0 radical (unpaired) electrons. The Balaban J connectivity index is 2.88. The van der Waals surface area contributed by atoms with E-state index in [1.807, 2.05) is 0 Å². The summed E-state index contributed by atoms with van der Waals surface area (Å²) in [6, 6.07) is 2.25. The van der Waals surface area contributed by atoms with Gasteiger partial charge in [-0.1, -0.05) is 0 Å². The van der Waals surface area contributed by atoms with Gasteiger partial charge in [-0.3, -0.25) is 0 Å². The topological polar surface area (TPSA) is 59.4 Å². The Morgan fingerprint density at radius 1 is 1.47 bits per heavy atom. The molecule has 0 bridgehead atoms. The maximum Gasteiger partial charge on any atom is 0.425 e. The second-order valence-corrected chi connectivity index (χ2v) is 3.39. The molecule has 0 saturated heterocycles. The summed E-state index contributed by atoms with van der Waals surface area (Å²) in [6.07, 6.45) is -6.48. The lowest BCUT2D eigenvalue weighted by atomic mass is 10.2. The van der Waals surface area contributed by atoms with E-state index in [1.54, 1.807) is 0 Å². The molecule has 1 N–H and O–H groups in total. The fourth-order valence-corrected chi connectivity index (χ4v) is 1.08. The molecule has 0 spiro atoms. The molecular weight excluding hydrogens is 239 g/mol. The van der Waals surface area contributed by atoms with Crippen molar-refractivity contribution in [2.75, 3.05) is 0 Å². The zero-order valence-electron chi connectivity index (χ0n) is 9.08. The Morgan fingerprint density at radius 2 is 2.06 bits per heavy atom. The van der Waals surface area contributed by atoms with Gasteiger partial charge in [-0.15, -0.1) is 0 Å². The first-order valence-electron chi connectivity index (χ1n) is 4.66. The van der Waals surface area contributed by atoms with Crippen molar-refractivity contribution >= 4 is 5.97 Å². The fraction of sp³-hybridized carbons (Fsp3) is 0.400. The van der Waals surface area contributed by atoms with Gasteiger partial charge in [0.25, 0.3) is 0 Å². The highest BCUT2D eigenvalue weighted by molar-refractivity contribution is 5.88. The third-order valence-corrected chi connectivity index (χ3v) is 2.05. The molecule has 17 heavy (non-hydrogen) atoms. The molecule has 0 aliphatic heterocycles. The number of hydrogen-bond acceptors (Lipinski definition) is 3. The first-order valence-corrected chi connectivity index (χ1v) is 4.66. The smallest absolute Gasteiger partial charge is 0.425 e. The van der Waals surface area contributed by atoms with E-state index in [2.05, 4.69) is 9.72 Å². The van der Waals surface area contributed by atoms with Gasteiger partial charge in [0.05, 0.1) is 11.3 Å². The lowest BCUT2D eigenvalue weighted by molar-refractivity contribution is -0.190. The third kappa shape index (κ3) is 3.33. The van der Waals surface area contributed by atoms with Crippen LogP contribution in [-0.2, 0) is 0 Å². The van der Waals surface area contributed by atoms with E-state index in [-0.39, 0.29) is 17.1 Å². The van der Waals surface area contributed by atoms with Gasteiger partial charge in [0.2, 0.25) is 5.88 Å². The minimum atomic E-state index is -4.49. The number of aromatic nitrogens is 1. The Hall–Kier alpha value is -1.79. The molecule has 1 atom stereocenters. The number of aromatic carboxylic acids is 1. The summed E-state index contributed by atoms with van der Waals surface area (Å²) in [5.74, 6) is -1.44. The lowest BCUT2D eigenvalue weighted by Crippen LogP contribution is -2.31. The summed E-state index contributed by atoms with van der Waals surface area (Å²) in [6.45, 7) is 2.23. The van der Waals surface area contributed by atoms with Gasteiger partial charge in [-0.2, -0.15) is 13.2 Å². The van der Waals surface area contributed by atoms with Crippen LogP contribution in [0.1, 0.15) is 23.0 Å². The van der Waals surface area contributed by atoms with Crippen LogP contribution in [0.15, 0.2) is 12.1 Å². The number of carboxylic acids is 1. The van der Waals surface area contributed by atoms with Gasteiger partial charge in [0.15, 0.2) is 6.10 Å². The maximum atomic E-state index is 12.2. The monoisotopic (exact) mass is 249 g/mol. The van der Waals surface area contributed by atoms with Crippen molar-refractivity contribution in [3.05, 3.63) is 23.4 Å². The zero-order valence-corrected chi connectivity index (χ0v) is 9.08. The van der Waals surface area contributed by atoms with Crippen LogP contribution in [0.4, 0.5) is 13.2 Å². The van der Waals surface area contributed by atoms with Crippen molar-refractivity contribution in [3.63, 3.8) is 0 Å². The Kier molecular flexibility index (Phi) is 3.59. The van der Waals surface area contributed by atoms with E-state index in [1.165, 1.54) is 6.92 Å². The summed E-state index contributed by atoms with van der Waals surface area (Å²) in [7, 11) is 0. The van der Waals surface area contributed by atoms with E-state index < -0.39 is 18.2 Å². The van der Waals surface area contributed by atoms with E-state index in [4.69, 9.17) is 5.11 Å². The highest BCUT2D eigenvalue weighted by atomic mass is 19.4. The number of carbonyl (C=O) groups is 1. The molecule has 1 aromatic rings. The van der Waals surface area contributed by atoms with Crippen LogP contribution in [0.5, 0.6) is 5.88 Å². The Bertz CT molecular complexity index is 431. The number of carboxylic acid groups (broad SMARTS) is 1. The van der Waals surface area contributed by atoms with Crippen molar-refractivity contribution < 1.29 is 27.8 Å². The third-order valence-electron chi connectivity index (χ3n) is 2.05. The van der Waals surface area contributed by atoms with Crippen molar-refractivity contribution in [2.24, 2.45) is 0 Å². The van der Waals surface area contributed by atoms with Crippen LogP contribution < -0.4 is 4.74 Å². The van der Waals surface area contributed by atoms with Gasteiger partial charge < -0.3 is 9.84 Å². The molecule has 0 amide bonds. The molecule has 0 aliphatic rings. The highest BCUT2D eigenvalue weighted by Gasteiger charge is 2.38. The van der Waals surface area contributed by atoms with Crippen LogP contribution in [0.3, 0.4) is 0 Å². The quantitative estimate of drug-likeness (QED) is 0.893. The SMILES string of the molecule is Cc1nc(O[C@H](C)C(F)(F)F)ccc1C(=O)O. The van der Waals surface area contributed by atoms with Gasteiger partial charge in [0.1, 0.15) is 0 Å². The lowest BCUT2D eigenvalue weighted by Gasteiger charge is -2.17. The van der Waals surface area contributed by atoms with Crippen molar-refractivity contribution in [3.8, 4) is 5.88 Å². The maximum absolute atomic E-state index is 12.2. The first kappa shape index (κ1) is 13.3. The van der Waals surface area contributed by atoms with Crippen LogP contribution in [0.25, 0.3) is 0 Å². The first-order chi connectivity index (χ1) is 7.71. The Labute approximate surface area is 95.0 Å². The van der Waals surface area contributed by atoms with Gasteiger partial charge in [-0.25, -0.2) is 9.78 Å². The summed E-state index contributed by atoms with van der Waals surface area (Å²) >= 11 is 0. The molecule has 1 aromatic heterocycles. The molecule has 94 valence electrons. The van der Waals surface area contributed by atoms with E-state index in [0.717, 1.165) is 19.1 Å². The van der Waals surface area contributed by atoms with E-state index in [0.29, 0.717) is 0 Å². The molecule has 0 unspecified atom stereocenters. The second-order valence-electron chi connectivity index (χ2n) is 3.39. The normalized spacial score (nSPS) is 13.2. The molecule has 7 heteroatoms. The van der Waals surface area contributed by atoms with Crippen molar-refractivity contribution in [1.82, 2.24) is 4.98 Å². The van der Waals surface area contributed by atoms with Crippen molar-refractivity contribution in [2.45, 2.75) is 26.1 Å². The van der Waals surface area contributed by atoms with E-state index in [9.17, 15) is 18.0 Å². The molecule has 0 fully saturated rings. The predicted octanol–water partition coefficient (Wildman–Crippen LogP) is 2.42. The Morgan fingerprint density at radius 3 is 2.47 bits per heavy atom. The summed E-state index contributed by atoms with van der Waals surface area (Å²) in [5.41, 5.74) is 0.0291. The number of aryl methyl sites for hydroxylation is 1. The molecule has 0 saturated carbocycles. The number of halogens is 3. The standard InChI is InChI=1S/C10H10F3NO3/c1-5-7(9(15)16)3-4-8(14-5)17-6(2)10(11,12)13/h3-4,6H,1-2H3,(H,15,16)/t6-/m1/s1. The average Bonchev–Trinajstić information content (AvgIpc) is 2.15. The van der Waals surface area contributed by atoms with E-state index >= 15 is 0 Å². The predicted molar refractivity (Wildman–Crippen MR) is 52.1 cm³/mol. The molecule has 4 nitrogen and oxygen atoms in total. The average molecular weight is 249 g/mol. The number of nitrogens with zero attached hydrogens (tertiary/aromatic N) is 1. The number of hydrogen-bond donors (Lipinski definition) is 1.